The molecule has 2 aromatic heterocycles. The Hall–Kier alpha value is -9.38. The van der Waals surface area contributed by atoms with E-state index in [1.807, 2.05) is 0 Å². The van der Waals surface area contributed by atoms with Crippen molar-refractivity contribution in [3.8, 4) is 22.3 Å². The Kier molecular flexibility index (Phi) is 14.5. The summed E-state index contributed by atoms with van der Waals surface area (Å²) in [5, 5.41) is 4.33. The lowest BCUT2D eigenvalue weighted by atomic mass is 9.66. The van der Waals surface area contributed by atoms with E-state index in [4.69, 9.17) is 8.83 Å². The van der Waals surface area contributed by atoms with Gasteiger partial charge in [0.15, 0.2) is 0 Å². The van der Waals surface area contributed by atoms with E-state index in [1.54, 1.807) is 0 Å². The lowest BCUT2D eigenvalue weighted by Gasteiger charge is -2.37. The second-order valence-electron chi connectivity index (χ2n) is 35.1. The molecule has 0 bridgehead atoms. The van der Waals surface area contributed by atoms with Gasteiger partial charge in [-0.1, -0.05) is 266 Å². The van der Waals surface area contributed by atoms with Crippen LogP contribution in [-0.4, -0.2) is 0 Å². The van der Waals surface area contributed by atoms with Crippen LogP contribution in [0.15, 0.2) is 227 Å². The molecule has 2 heterocycles. The van der Waals surface area contributed by atoms with Crippen molar-refractivity contribution in [3.63, 3.8) is 0 Å². The molecule has 0 amide bonds. The van der Waals surface area contributed by atoms with Gasteiger partial charge >= 0.3 is 0 Å². The van der Waals surface area contributed by atoms with E-state index in [9.17, 15) is 0 Å². The SMILES string of the molecule is CC(C)(C)c1ccc(N(c2ccc(C(C)(C)C)cc2)c2cc3c(c4c2-c2ccccc2C4(C)C)-c2c(cc(N(c4ccc(C(C)(C)C)cc4)c4ccc(C(C)(C)C)cc4)c4c2oc2ccccc24)C3(c2ccc(C(C)(C)C)cc2)c2ccc3oc4ccc(C(C)(C)C)cc4c3c2)cc1. The first kappa shape index (κ1) is 64.6. The molecule has 2 aliphatic carbocycles. The fourth-order valence-electron chi connectivity index (χ4n) is 16.2. The van der Waals surface area contributed by atoms with Crippen LogP contribution in [0.3, 0.4) is 0 Å². The summed E-state index contributed by atoms with van der Waals surface area (Å²) in [6, 6.07) is 84.5. The topological polar surface area (TPSA) is 32.8 Å². The smallest absolute Gasteiger partial charge is 0.145 e. The summed E-state index contributed by atoms with van der Waals surface area (Å²) in [4.78, 5) is 5.11. The highest BCUT2D eigenvalue weighted by atomic mass is 16.3. The van der Waals surface area contributed by atoms with E-state index >= 15 is 0 Å². The first-order valence-electron chi connectivity index (χ1n) is 35.6. The monoisotopic (exact) mass is 1280 g/mol. The van der Waals surface area contributed by atoms with Crippen molar-refractivity contribution in [1.29, 1.82) is 0 Å². The van der Waals surface area contributed by atoms with Crippen molar-refractivity contribution >= 4 is 78.0 Å². The normalized spacial score (nSPS) is 15.5. The molecule has 494 valence electrons. The molecule has 4 nitrogen and oxygen atoms in total. The lowest BCUT2D eigenvalue weighted by molar-refractivity contribution is 0.589. The Labute approximate surface area is 582 Å². The molecule has 15 rings (SSSR count). The van der Waals surface area contributed by atoms with Crippen LogP contribution in [0.25, 0.3) is 66.1 Å². The zero-order chi connectivity index (χ0) is 69.3. The molecule has 0 saturated heterocycles. The number of para-hydroxylation sites is 1. The predicted octanol–water partition coefficient (Wildman–Crippen LogP) is 26.9. The van der Waals surface area contributed by atoms with Gasteiger partial charge in [0.1, 0.15) is 22.3 Å². The second-order valence-corrected chi connectivity index (χ2v) is 35.1. The average molecular weight is 1290 g/mol. The molecule has 1 unspecified atom stereocenters. The summed E-state index contributed by atoms with van der Waals surface area (Å²) in [5.74, 6) is 0. The average Bonchev–Trinajstić information content (AvgIpc) is 1.49. The third-order valence-corrected chi connectivity index (χ3v) is 21.9. The van der Waals surface area contributed by atoms with Gasteiger partial charge in [-0.3, -0.25) is 0 Å². The van der Waals surface area contributed by atoms with Crippen LogP contribution in [0.2, 0.25) is 0 Å². The van der Waals surface area contributed by atoms with Crippen molar-refractivity contribution in [3.05, 3.63) is 285 Å². The Morgan fingerprint density at radius 2 is 0.673 bits per heavy atom. The van der Waals surface area contributed by atoms with Crippen molar-refractivity contribution in [2.75, 3.05) is 9.80 Å². The molecule has 0 fully saturated rings. The van der Waals surface area contributed by atoms with E-state index in [2.05, 4.69) is 367 Å². The minimum atomic E-state index is -1.02. The highest BCUT2D eigenvalue weighted by Gasteiger charge is 2.54. The molecule has 0 spiro atoms. The van der Waals surface area contributed by atoms with E-state index in [-0.39, 0.29) is 32.5 Å². The van der Waals surface area contributed by atoms with E-state index in [0.717, 1.165) is 94.7 Å². The third kappa shape index (κ3) is 10.3. The molecule has 0 N–H and O–H groups in total. The molecule has 0 radical (unpaired) electrons. The first-order valence-corrected chi connectivity index (χ1v) is 35.6. The molecule has 11 aromatic carbocycles. The molecule has 1 atom stereocenters. The molecule has 13 aromatic rings. The fourth-order valence-corrected chi connectivity index (χ4v) is 16.2. The number of hydrogen-bond donors (Lipinski definition) is 0. The Morgan fingerprint density at radius 3 is 1.16 bits per heavy atom. The van der Waals surface area contributed by atoms with Gasteiger partial charge in [-0.05, 0) is 201 Å². The highest BCUT2D eigenvalue weighted by molar-refractivity contribution is 6.21. The summed E-state index contributed by atoms with van der Waals surface area (Å²) in [7, 11) is 0. The number of rotatable bonds is 8. The molecule has 2 aliphatic rings. The summed E-state index contributed by atoms with van der Waals surface area (Å²) >= 11 is 0. The number of nitrogens with zero attached hydrogens (tertiary/aromatic N) is 2. The van der Waals surface area contributed by atoms with E-state index in [0.29, 0.717) is 0 Å². The van der Waals surface area contributed by atoms with Crippen LogP contribution in [0.1, 0.15) is 205 Å². The maximum atomic E-state index is 7.88. The van der Waals surface area contributed by atoms with Gasteiger partial charge in [0.05, 0.1) is 22.2 Å². The van der Waals surface area contributed by atoms with Crippen LogP contribution in [0.4, 0.5) is 34.1 Å². The van der Waals surface area contributed by atoms with Crippen LogP contribution in [0.5, 0.6) is 0 Å². The molecule has 0 saturated carbocycles. The van der Waals surface area contributed by atoms with Crippen LogP contribution >= 0.6 is 0 Å². The molecule has 4 heteroatoms. The Morgan fingerprint density at radius 1 is 0.296 bits per heavy atom. The van der Waals surface area contributed by atoms with Gasteiger partial charge < -0.3 is 18.6 Å². The zero-order valence-corrected chi connectivity index (χ0v) is 61.5. The number of hydrogen-bond acceptors (Lipinski definition) is 4. The minimum absolute atomic E-state index is 0.0542. The van der Waals surface area contributed by atoms with Crippen molar-refractivity contribution < 1.29 is 8.83 Å². The van der Waals surface area contributed by atoms with Crippen LogP contribution < -0.4 is 9.80 Å². The minimum Gasteiger partial charge on any atom is -0.456 e. The van der Waals surface area contributed by atoms with Gasteiger partial charge in [0.2, 0.25) is 0 Å². The van der Waals surface area contributed by atoms with Gasteiger partial charge in [-0.2, -0.15) is 0 Å². The van der Waals surface area contributed by atoms with Crippen molar-refractivity contribution in [2.24, 2.45) is 0 Å². The maximum absolute atomic E-state index is 7.88. The number of anilines is 6. The fraction of sp³-hybridized carbons (Fsp3) is 0.298. The Bertz CT molecular complexity index is 5180. The predicted molar refractivity (Wildman–Crippen MR) is 417 cm³/mol. The van der Waals surface area contributed by atoms with Gasteiger partial charge in [-0.25, -0.2) is 0 Å². The number of fused-ring (bicyclic) bond motifs is 14. The van der Waals surface area contributed by atoms with Crippen molar-refractivity contribution in [1.82, 2.24) is 0 Å². The number of benzene rings is 11. The largest absolute Gasteiger partial charge is 0.456 e. The second kappa shape index (κ2) is 22.1. The first-order chi connectivity index (χ1) is 46.1. The summed E-state index contributed by atoms with van der Waals surface area (Å²) < 4.78 is 14.8. The molecular formula is C94H96N2O2. The molecule has 98 heavy (non-hydrogen) atoms. The highest BCUT2D eigenvalue weighted by Crippen LogP contribution is 2.68. The van der Waals surface area contributed by atoms with Gasteiger partial charge in [0, 0.05) is 55.5 Å². The van der Waals surface area contributed by atoms with Gasteiger partial charge in [-0.15, -0.1) is 0 Å². The molecular weight excluding hydrogens is 1190 g/mol. The quantitative estimate of drug-likeness (QED) is 0.152. The van der Waals surface area contributed by atoms with Gasteiger partial charge in [0.25, 0.3) is 0 Å². The summed E-state index contributed by atoms with van der Waals surface area (Å²) in [5.41, 5.74) is 27.7. The Balaban J connectivity index is 1.18. The summed E-state index contributed by atoms with van der Waals surface area (Å²) in [6.45, 7) is 46.5. The van der Waals surface area contributed by atoms with Crippen LogP contribution in [0, 0.1) is 0 Å². The van der Waals surface area contributed by atoms with E-state index in [1.165, 1.54) is 72.3 Å². The van der Waals surface area contributed by atoms with Crippen LogP contribution in [-0.2, 0) is 43.3 Å². The number of furan rings is 2. The lowest BCUT2D eigenvalue weighted by Crippen LogP contribution is -2.30. The third-order valence-electron chi connectivity index (χ3n) is 21.9. The van der Waals surface area contributed by atoms with E-state index < -0.39 is 10.8 Å². The zero-order valence-electron chi connectivity index (χ0n) is 61.5. The standard InChI is InChI=1S/C94H96N2O2/c1-87(2,3)57-29-31-62(32-30-57)94(64-42-52-80-72(54-64)71-53-63(92(16,17)18)41-51-79(71)97-80)74-55-76(95(65-43-33-58(34-44-65)88(4,5)6)66-45-35-59(36-46-66)89(7,8)9)81-69-25-21-23-27-73(69)93(19,20)85(81)83(74)84-75(94)56-77(82-70-26-22-24-28-78(70)98-86(82)84)96(67-47-37-60(38-48-67)90(10,11)12)68-49-39-61(40-50-68)91(13,14)15/h21-56H,1-20H3. The molecule has 0 aliphatic heterocycles. The summed E-state index contributed by atoms with van der Waals surface area (Å²) in [6.07, 6.45) is 0. The maximum Gasteiger partial charge on any atom is 0.145 e. The van der Waals surface area contributed by atoms with Crippen molar-refractivity contribution in [2.45, 2.75) is 182 Å².